The monoisotopic (exact) mass is 293 g/mol. The van der Waals surface area contributed by atoms with E-state index >= 15 is 0 Å². The molecule has 2 rings (SSSR count). The number of hydrogen-bond donors (Lipinski definition) is 0. The third-order valence-corrected chi connectivity index (χ3v) is 3.24. The summed E-state index contributed by atoms with van der Waals surface area (Å²) in [5.74, 6) is 0. The number of rotatable bonds is 2. The maximum Gasteiger partial charge on any atom is 0.0441 e. The Morgan fingerprint density at radius 3 is 2.24 bits per heavy atom. The second-order valence-corrected chi connectivity index (χ2v) is 4.67. The van der Waals surface area contributed by atoms with Crippen LogP contribution in [0.4, 0.5) is 5.69 Å². The van der Waals surface area contributed by atoms with E-state index in [4.69, 9.17) is 0 Å². The summed E-state index contributed by atoms with van der Waals surface area (Å²) in [6.45, 7) is 0. The molecule has 2 aromatic rings. The molecule has 1 radical (unpaired) electrons. The van der Waals surface area contributed by atoms with Crippen molar-refractivity contribution in [3.8, 4) is 0 Å². The first-order valence-corrected chi connectivity index (χ1v) is 5.97. The van der Waals surface area contributed by atoms with Gasteiger partial charge in [0.15, 0.2) is 0 Å². The maximum atomic E-state index is 11.1. The predicted molar refractivity (Wildman–Crippen MR) is 65.5 cm³/mol. The molecule has 1 atom stereocenters. The molecule has 0 bridgehead atoms. The summed E-state index contributed by atoms with van der Waals surface area (Å²) in [7, 11) is 3.88. The van der Waals surface area contributed by atoms with Crippen molar-refractivity contribution in [3.63, 3.8) is 0 Å². The molecule has 0 heterocycles. The Hall–Kier alpha value is -0.884. The first-order valence-electron chi connectivity index (χ1n) is 4.89. The van der Waals surface area contributed by atoms with E-state index in [1.807, 2.05) is 43.3 Å². The van der Waals surface area contributed by atoms with Gasteiger partial charge in [-0.3, -0.25) is 4.21 Å². The zero-order valence-corrected chi connectivity index (χ0v) is 11.3. The van der Waals surface area contributed by atoms with Crippen LogP contribution >= 0.6 is 0 Å². The van der Waals surface area contributed by atoms with Crippen molar-refractivity contribution in [1.29, 1.82) is 0 Å². The van der Waals surface area contributed by atoms with Gasteiger partial charge in [0.2, 0.25) is 0 Å². The molecule has 93 valence electrons. The summed E-state index contributed by atoms with van der Waals surface area (Å²) in [4.78, 5) is 2.32. The minimum absolute atomic E-state index is 0. The molecule has 2 aromatic carbocycles. The van der Waals surface area contributed by atoms with E-state index in [0.29, 0.717) is 4.90 Å². The molecule has 0 saturated carbocycles. The number of hydrogen-bond acceptors (Lipinski definition) is 3. The molecule has 0 N–H and O–H groups in total. The number of benzene rings is 2. The third kappa shape index (κ3) is 2.69. The minimum atomic E-state index is -2.19. The van der Waals surface area contributed by atoms with Gasteiger partial charge in [0.1, 0.15) is 0 Å². The summed E-state index contributed by atoms with van der Waals surface area (Å²) in [6, 6.07) is 11.0. The fraction of sp³-hybridized carbons (Fsp3) is 0.167. The number of anilines is 1. The van der Waals surface area contributed by atoms with Gasteiger partial charge in [0.05, 0.1) is 0 Å². The van der Waals surface area contributed by atoms with E-state index in [9.17, 15) is 8.76 Å². The van der Waals surface area contributed by atoms with Crippen LogP contribution in [0, 0.1) is 0 Å². The fourth-order valence-corrected chi connectivity index (χ4v) is 2.35. The average Bonchev–Trinajstić information content (AvgIpc) is 2.27. The number of fused-ring (bicyclic) bond motifs is 1. The Balaban J connectivity index is 0.00000144. The molecular formula is C12H12CoNO2S-. The summed E-state index contributed by atoms with van der Waals surface area (Å²) in [5, 5.41) is 1.72. The van der Waals surface area contributed by atoms with Gasteiger partial charge in [-0.25, -0.2) is 0 Å². The Morgan fingerprint density at radius 1 is 1.06 bits per heavy atom. The van der Waals surface area contributed by atoms with Gasteiger partial charge in [0.25, 0.3) is 0 Å². The van der Waals surface area contributed by atoms with Crippen LogP contribution in [0.5, 0.6) is 0 Å². The van der Waals surface area contributed by atoms with Crippen molar-refractivity contribution in [2.45, 2.75) is 4.90 Å². The van der Waals surface area contributed by atoms with E-state index in [0.717, 1.165) is 16.5 Å². The molecule has 3 nitrogen and oxygen atoms in total. The molecular weight excluding hydrogens is 281 g/mol. The van der Waals surface area contributed by atoms with Crippen molar-refractivity contribution in [2.75, 3.05) is 19.0 Å². The van der Waals surface area contributed by atoms with Crippen LogP contribution < -0.4 is 4.90 Å². The van der Waals surface area contributed by atoms with E-state index in [1.54, 1.807) is 12.1 Å². The van der Waals surface area contributed by atoms with Crippen molar-refractivity contribution in [3.05, 3.63) is 36.4 Å². The van der Waals surface area contributed by atoms with Crippen molar-refractivity contribution >= 4 is 27.5 Å². The van der Waals surface area contributed by atoms with Gasteiger partial charge in [0, 0.05) is 46.8 Å². The SMILES string of the molecule is CN(C)c1cccc2c(S(=O)[O-])cccc12.[Co]. The number of nitrogens with zero attached hydrogens (tertiary/aromatic N) is 1. The molecule has 0 aromatic heterocycles. The van der Waals surface area contributed by atoms with Crippen LogP contribution in [0.25, 0.3) is 10.8 Å². The third-order valence-electron chi connectivity index (χ3n) is 2.52. The summed E-state index contributed by atoms with van der Waals surface area (Å²) >= 11 is -2.19. The van der Waals surface area contributed by atoms with Crippen LogP contribution in [-0.4, -0.2) is 22.9 Å². The quantitative estimate of drug-likeness (QED) is 0.797. The minimum Gasteiger partial charge on any atom is -0.768 e. The zero-order valence-electron chi connectivity index (χ0n) is 9.47. The summed E-state index contributed by atoms with van der Waals surface area (Å²) < 4.78 is 22.2. The second kappa shape index (κ2) is 5.64. The summed E-state index contributed by atoms with van der Waals surface area (Å²) in [5.41, 5.74) is 1.02. The molecule has 0 spiro atoms. The molecule has 0 aliphatic carbocycles. The van der Waals surface area contributed by atoms with Gasteiger partial charge in [-0.05, 0) is 28.6 Å². The molecule has 0 amide bonds. The smallest absolute Gasteiger partial charge is 0.0441 e. The van der Waals surface area contributed by atoms with E-state index in [1.165, 1.54) is 0 Å². The van der Waals surface area contributed by atoms with E-state index in [-0.39, 0.29) is 16.8 Å². The molecule has 0 aliphatic heterocycles. The van der Waals surface area contributed by atoms with E-state index in [2.05, 4.69) is 0 Å². The zero-order chi connectivity index (χ0) is 11.7. The van der Waals surface area contributed by atoms with Crippen LogP contribution in [0.1, 0.15) is 0 Å². The van der Waals surface area contributed by atoms with Gasteiger partial charge < -0.3 is 9.45 Å². The molecule has 17 heavy (non-hydrogen) atoms. The van der Waals surface area contributed by atoms with Gasteiger partial charge in [-0.1, -0.05) is 24.3 Å². The Bertz CT molecular complexity index is 557. The summed E-state index contributed by atoms with van der Waals surface area (Å²) in [6.07, 6.45) is 0. The van der Waals surface area contributed by atoms with Crippen LogP contribution in [-0.2, 0) is 27.9 Å². The van der Waals surface area contributed by atoms with Gasteiger partial charge >= 0.3 is 0 Å². The average molecular weight is 293 g/mol. The van der Waals surface area contributed by atoms with E-state index < -0.39 is 11.1 Å². The molecule has 1 unspecified atom stereocenters. The van der Waals surface area contributed by atoms with Crippen LogP contribution in [0.2, 0.25) is 0 Å². The largest absolute Gasteiger partial charge is 0.768 e. The fourth-order valence-electron chi connectivity index (χ4n) is 1.80. The van der Waals surface area contributed by atoms with Crippen molar-refractivity contribution in [2.24, 2.45) is 0 Å². The normalized spacial score (nSPS) is 11.9. The standard InChI is InChI=1S/C12H13NO2S.Co/c1-13(2)11-7-3-6-10-9(11)5-4-8-12(10)16(14)15;/h3-8H,1-2H3,(H,14,15);/p-1. The van der Waals surface area contributed by atoms with Crippen LogP contribution in [0.3, 0.4) is 0 Å². The Labute approximate surface area is 113 Å². The van der Waals surface area contributed by atoms with Crippen molar-refractivity contribution in [1.82, 2.24) is 0 Å². The second-order valence-electron chi connectivity index (χ2n) is 3.76. The van der Waals surface area contributed by atoms with Gasteiger partial charge in [-0.15, -0.1) is 0 Å². The predicted octanol–water partition coefficient (Wildman–Crippen LogP) is 2.14. The molecule has 0 aliphatic rings. The van der Waals surface area contributed by atoms with Crippen molar-refractivity contribution < 1.29 is 25.5 Å². The molecule has 0 saturated heterocycles. The van der Waals surface area contributed by atoms with Crippen LogP contribution in [0.15, 0.2) is 41.3 Å². The molecule has 5 heteroatoms. The molecule has 0 fully saturated rings. The topological polar surface area (TPSA) is 43.4 Å². The van der Waals surface area contributed by atoms with Gasteiger partial charge in [-0.2, -0.15) is 0 Å². The first kappa shape index (κ1) is 14.2. The maximum absolute atomic E-state index is 11.1. The Kier molecular flexibility index (Phi) is 4.70. The first-order chi connectivity index (χ1) is 7.61. The Morgan fingerprint density at radius 2 is 1.65 bits per heavy atom.